The van der Waals surface area contributed by atoms with Crippen LogP contribution < -0.4 is 15.0 Å². The van der Waals surface area contributed by atoms with E-state index >= 15 is 0 Å². The normalized spacial score (nSPS) is 18.3. The molecule has 2 atom stereocenters. The Labute approximate surface area is 252 Å². The lowest BCUT2D eigenvalue weighted by Gasteiger charge is -2.42. The van der Waals surface area contributed by atoms with E-state index in [1.54, 1.807) is 42.7 Å². The fourth-order valence-electron chi connectivity index (χ4n) is 5.35. The molecular weight excluding hydrogens is 560 g/mol. The number of hydrogen-bond donors (Lipinski definition) is 1. The summed E-state index contributed by atoms with van der Waals surface area (Å²) in [6, 6.07) is 2.92. The molecule has 0 spiro atoms. The van der Waals surface area contributed by atoms with Crippen LogP contribution in [0, 0.1) is 6.92 Å². The molecule has 2 aliphatic heterocycles. The van der Waals surface area contributed by atoms with E-state index in [1.807, 2.05) is 20.8 Å². The van der Waals surface area contributed by atoms with Crippen molar-refractivity contribution in [3.8, 4) is 5.75 Å². The van der Waals surface area contributed by atoms with Gasteiger partial charge in [0.25, 0.3) is 11.8 Å². The standard InChI is InChI=1S/C30H44N4O9/c1-9-40-29(39)42-21(6)41-28(38)32-13-10-11-22(17-32)34(18(2)3)26(36)23-16-24-25(15-19(23)4)43-30(7,8)27(37)33(24)14-12-31-20(5)35/h15-16,18,21-22H,9-14,17H2,1-8H3,(H,31,35)/t21-,22-/m1/s1. The zero-order chi connectivity index (χ0) is 32.1. The largest absolute Gasteiger partial charge is 0.511 e. The van der Waals surface area contributed by atoms with Gasteiger partial charge in [0.05, 0.1) is 18.3 Å². The van der Waals surface area contributed by atoms with E-state index in [4.69, 9.17) is 18.9 Å². The zero-order valence-electron chi connectivity index (χ0n) is 26.4. The third-order valence-electron chi connectivity index (χ3n) is 7.29. The Morgan fingerprint density at radius 2 is 1.86 bits per heavy atom. The van der Waals surface area contributed by atoms with Crippen LogP contribution in [0.3, 0.4) is 0 Å². The highest BCUT2D eigenvalue weighted by Gasteiger charge is 2.42. The van der Waals surface area contributed by atoms with Gasteiger partial charge in [0, 0.05) is 51.6 Å². The molecule has 0 unspecified atom stereocenters. The van der Waals surface area contributed by atoms with Crippen LogP contribution in [0.15, 0.2) is 12.1 Å². The van der Waals surface area contributed by atoms with Gasteiger partial charge in [-0.25, -0.2) is 9.59 Å². The summed E-state index contributed by atoms with van der Waals surface area (Å²) in [5.74, 6) is -0.258. The van der Waals surface area contributed by atoms with Crippen molar-refractivity contribution in [2.45, 2.75) is 92.2 Å². The fraction of sp³-hybridized carbons (Fsp3) is 0.633. The van der Waals surface area contributed by atoms with Crippen molar-refractivity contribution >= 4 is 35.7 Å². The molecule has 0 aliphatic carbocycles. The molecule has 1 aromatic rings. The third-order valence-corrected chi connectivity index (χ3v) is 7.29. The van der Waals surface area contributed by atoms with Gasteiger partial charge in [-0.2, -0.15) is 0 Å². The van der Waals surface area contributed by atoms with Crippen molar-refractivity contribution in [1.29, 1.82) is 0 Å². The Balaban J connectivity index is 1.84. The van der Waals surface area contributed by atoms with E-state index in [0.29, 0.717) is 42.0 Å². The minimum atomic E-state index is -1.14. The van der Waals surface area contributed by atoms with Crippen LogP contribution in [-0.4, -0.2) is 96.5 Å². The molecule has 13 nitrogen and oxygen atoms in total. The summed E-state index contributed by atoms with van der Waals surface area (Å²) < 4.78 is 21.0. The maximum absolute atomic E-state index is 14.2. The summed E-state index contributed by atoms with van der Waals surface area (Å²) >= 11 is 0. The lowest BCUT2D eigenvalue weighted by molar-refractivity contribution is -0.132. The molecule has 0 radical (unpaired) electrons. The molecule has 0 bridgehead atoms. The van der Waals surface area contributed by atoms with Crippen LogP contribution in [0.5, 0.6) is 5.75 Å². The van der Waals surface area contributed by atoms with Crippen LogP contribution in [0.1, 0.15) is 77.2 Å². The van der Waals surface area contributed by atoms with E-state index in [0.717, 1.165) is 0 Å². The molecule has 1 N–H and O–H groups in total. The number of rotatable bonds is 9. The molecule has 2 heterocycles. The maximum atomic E-state index is 14.2. The second-order valence-electron chi connectivity index (χ2n) is 11.5. The fourth-order valence-corrected chi connectivity index (χ4v) is 5.35. The van der Waals surface area contributed by atoms with E-state index in [-0.39, 0.29) is 56.0 Å². The minimum Gasteiger partial charge on any atom is -0.476 e. The van der Waals surface area contributed by atoms with Gasteiger partial charge >= 0.3 is 12.2 Å². The van der Waals surface area contributed by atoms with E-state index < -0.39 is 24.1 Å². The molecule has 43 heavy (non-hydrogen) atoms. The molecule has 3 rings (SSSR count). The van der Waals surface area contributed by atoms with Crippen LogP contribution in [-0.2, 0) is 23.8 Å². The Kier molecular flexibility index (Phi) is 10.9. The first-order valence-corrected chi connectivity index (χ1v) is 14.7. The quantitative estimate of drug-likeness (QED) is 0.330. The smallest absolute Gasteiger partial charge is 0.476 e. The summed E-state index contributed by atoms with van der Waals surface area (Å²) in [5.41, 5.74) is 0.420. The second-order valence-corrected chi connectivity index (χ2v) is 11.5. The molecule has 0 aromatic heterocycles. The first-order valence-electron chi connectivity index (χ1n) is 14.7. The number of fused-ring (bicyclic) bond motifs is 1. The molecule has 1 fully saturated rings. The predicted octanol–water partition coefficient (Wildman–Crippen LogP) is 3.61. The molecule has 1 saturated heterocycles. The Morgan fingerprint density at radius 3 is 2.49 bits per heavy atom. The number of likely N-dealkylation sites (tertiary alicyclic amines) is 1. The van der Waals surface area contributed by atoms with Gasteiger partial charge in [-0.1, -0.05) is 0 Å². The van der Waals surface area contributed by atoms with Crippen LogP contribution in [0.4, 0.5) is 15.3 Å². The SMILES string of the molecule is CCOC(=O)O[C@H](C)OC(=O)N1CCC[C@@H](N(C(=O)c2cc3c(cc2C)OC(C)(C)C(=O)N3CCNC(C)=O)C(C)C)C1. The minimum absolute atomic E-state index is 0.131. The van der Waals surface area contributed by atoms with Gasteiger partial charge in [0.1, 0.15) is 5.75 Å². The number of carbonyl (C=O) groups is 5. The summed E-state index contributed by atoms with van der Waals surface area (Å²) in [6.07, 6.45) is -1.42. The number of amides is 4. The second kappa shape index (κ2) is 14.0. The molecule has 0 saturated carbocycles. The van der Waals surface area contributed by atoms with Gasteiger partial charge in [0.15, 0.2) is 5.60 Å². The monoisotopic (exact) mass is 604 g/mol. The number of ether oxygens (including phenoxy) is 4. The molecule has 2 aliphatic rings. The van der Waals surface area contributed by atoms with Gasteiger partial charge in [0.2, 0.25) is 12.2 Å². The van der Waals surface area contributed by atoms with Crippen molar-refractivity contribution in [1.82, 2.24) is 15.1 Å². The van der Waals surface area contributed by atoms with Crippen molar-refractivity contribution in [2.75, 3.05) is 37.7 Å². The maximum Gasteiger partial charge on any atom is 0.511 e. The lowest BCUT2D eigenvalue weighted by atomic mass is 9.97. The molecule has 1 aromatic carbocycles. The van der Waals surface area contributed by atoms with Crippen molar-refractivity contribution in [3.63, 3.8) is 0 Å². The summed E-state index contributed by atoms with van der Waals surface area (Å²) in [5, 5.41) is 2.71. The summed E-state index contributed by atoms with van der Waals surface area (Å²) in [7, 11) is 0. The van der Waals surface area contributed by atoms with Gasteiger partial charge < -0.3 is 39.0 Å². The highest BCUT2D eigenvalue weighted by atomic mass is 16.8. The highest BCUT2D eigenvalue weighted by molar-refractivity contribution is 6.05. The Bertz CT molecular complexity index is 1230. The van der Waals surface area contributed by atoms with Crippen LogP contribution in [0.2, 0.25) is 0 Å². The molecule has 13 heteroatoms. The molecule has 238 valence electrons. The number of benzene rings is 1. The molecular formula is C30H44N4O9. The zero-order valence-corrected chi connectivity index (χ0v) is 26.4. The summed E-state index contributed by atoms with van der Waals surface area (Å²) in [4.78, 5) is 68.2. The van der Waals surface area contributed by atoms with Crippen molar-refractivity contribution < 1.29 is 42.9 Å². The van der Waals surface area contributed by atoms with Crippen LogP contribution >= 0.6 is 0 Å². The van der Waals surface area contributed by atoms with Crippen LogP contribution in [0.25, 0.3) is 0 Å². The average molecular weight is 605 g/mol. The highest BCUT2D eigenvalue weighted by Crippen LogP contribution is 2.40. The van der Waals surface area contributed by atoms with Gasteiger partial charge in [-0.05, 0) is 72.1 Å². The number of carbonyl (C=O) groups excluding carboxylic acids is 5. The topological polar surface area (TPSA) is 144 Å². The van der Waals surface area contributed by atoms with Gasteiger partial charge in [-0.15, -0.1) is 0 Å². The number of piperidine rings is 1. The van der Waals surface area contributed by atoms with Gasteiger partial charge in [-0.3, -0.25) is 14.4 Å². The third kappa shape index (κ3) is 8.08. The van der Waals surface area contributed by atoms with E-state index in [2.05, 4.69) is 5.32 Å². The first kappa shape index (κ1) is 33.5. The van der Waals surface area contributed by atoms with E-state index in [1.165, 1.54) is 18.7 Å². The lowest BCUT2D eigenvalue weighted by Crippen LogP contribution is -2.55. The first-order chi connectivity index (χ1) is 20.2. The average Bonchev–Trinajstić information content (AvgIpc) is 2.90. The molecule has 4 amide bonds. The van der Waals surface area contributed by atoms with Crippen molar-refractivity contribution in [2.24, 2.45) is 0 Å². The number of nitrogens with one attached hydrogen (secondary N) is 1. The Hall–Kier alpha value is -4.03. The number of aryl methyl sites for hydroxylation is 1. The van der Waals surface area contributed by atoms with E-state index in [9.17, 15) is 24.0 Å². The summed E-state index contributed by atoms with van der Waals surface area (Å²) in [6.45, 7) is 14.7. The number of hydrogen-bond acceptors (Lipinski definition) is 9. The number of anilines is 1. The predicted molar refractivity (Wildman–Crippen MR) is 157 cm³/mol. The van der Waals surface area contributed by atoms with Crippen molar-refractivity contribution in [3.05, 3.63) is 23.3 Å². The number of nitrogens with zero attached hydrogens (tertiary/aromatic N) is 3. The Morgan fingerprint density at radius 1 is 1.16 bits per heavy atom.